The highest BCUT2D eigenvalue weighted by atomic mass is 32.1. The van der Waals surface area contributed by atoms with E-state index < -0.39 is 17.9 Å². The number of hydrogen-bond acceptors (Lipinski definition) is 8. The number of amides is 1. The van der Waals surface area contributed by atoms with Crippen molar-refractivity contribution in [1.29, 1.82) is 0 Å². The highest BCUT2D eigenvalue weighted by Crippen LogP contribution is 2.35. The van der Waals surface area contributed by atoms with Crippen molar-refractivity contribution >= 4 is 35.4 Å². The van der Waals surface area contributed by atoms with Gasteiger partial charge in [-0.2, -0.15) is 5.10 Å². The maximum atomic E-state index is 13.3. The molecule has 1 amide bonds. The SMILES string of the molecule is C=CCc1cc(C=NNC(=O)COc2ccccc2[C@@H]2NC(=S)NC(C)=C2C(=O)OCC)cc(OCC)c1OCc1ccc(F)cc1. The van der Waals surface area contributed by atoms with Gasteiger partial charge in [0.2, 0.25) is 0 Å². The molecule has 47 heavy (non-hydrogen) atoms. The summed E-state index contributed by atoms with van der Waals surface area (Å²) in [4.78, 5) is 25.5. The third kappa shape index (κ3) is 9.39. The number of allylic oxidation sites excluding steroid dienone is 2. The number of halogens is 1. The molecule has 1 heterocycles. The quantitative estimate of drug-likeness (QED) is 0.0646. The third-order valence-corrected chi connectivity index (χ3v) is 7.09. The number of hydrazone groups is 1. The Morgan fingerprint density at radius 3 is 2.53 bits per heavy atom. The van der Waals surface area contributed by atoms with Gasteiger partial charge in [0.15, 0.2) is 23.2 Å². The van der Waals surface area contributed by atoms with E-state index in [9.17, 15) is 14.0 Å². The number of esters is 1. The lowest BCUT2D eigenvalue weighted by molar-refractivity contribution is -0.139. The molecule has 3 aromatic carbocycles. The van der Waals surface area contributed by atoms with E-state index in [2.05, 4.69) is 27.7 Å². The molecule has 0 saturated carbocycles. The Kier molecular flexibility index (Phi) is 12.5. The Labute approximate surface area is 278 Å². The van der Waals surface area contributed by atoms with Crippen molar-refractivity contribution < 1.29 is 32.9 Å². The molecule has 1 atom stereocenters. The summed E-state index contributed by atoms with van der Waals surface area (Å²) in [5.74, 6) is 0.118. The van der Waals surface area contributed by atoms with Gasteiger partial charge in [-0.15, -0.1) is 6.58 Å². The lowest BCUT2D eigenvalue weighted by Gasteiger charge is -2.30. The van der Waals surface area contributed by atoms with Crippen molar-refractivity contribution in [2.45, 2.75) is 39.8 Å². The number of ether oxygens (including phenoxy) is 4. The smallest absolute Gasteiger partial charge is 0.338 e. The minimum atomic E-state index is -0.646. The van der Waals surface area contributed by atoms with Gasteiger partial charge < -0.3 is 29.6 Å². The molecule has 0 radical (unpaired) electrons. The Balaban J connectivity index is 1.45. The van der Waals surface area contributed by atoms with E-state index in [1.54, 1.807) is 62.4 Å². The minimum Gasteiger partial charge on any atom is -0.490 e. The fourth-order valence-corrected chi connectivity index (χ4v) is 5.11. The maximum absolute atomic E-state index is 13.3. The first-order chi connectivity index (χ1) is 22.7. The van der Waals surface area contributed by atoms with Crippen molar-refractivity contribution in [1.82, 2.24) is 16.1 Å². The number of para-hydroxylation sites is 1. The summed E-state index contributed by atoms with van der Waals surface area (Å²) < 4.78 is 36.4. The summed E-state index contributed by atoms with van der Waals surface area (Å²) >= 11 is 5.33. The van der Waals surface area contributed by atoms with Crippen molar-refractivity contribution in [2.24, 2.45) is 5.10 Å². The Morgan fingerprint density at radius 2 is 1.81 bits per heavy atom. The van der Waals surface area contributed by atoms with Crippen LogP contribution in [0.3, 0.4) is 0 Å². The van der Waals surface area contributed by atoms with E-state index >= 15 is 0 Å². The first-order valence-corrected chi connectivity index (χ1v) is 15.4. The monoisotopic (exact) mass is 660 g/mol. The number of carbonyl (C=O) groups excluding carboxylic acids is 2. The molecule has 0 spiro atoms. The molecule has 1 aliphatic rings. The summed E-state index contributed by atoms with van der Waals surface area (Å²) in [5.41, 5.74) is 6.28. The van der Waals surface area contributed by atoms with Gasteiger partial charge in [-0.3, -0.25) is 4.79 Å². The number of benzene rings is 3. The molecule has 0 saturated heterocycles. The van der Waals surface area contributed by atoms with Crippen LogP contribution in [0.4, 0.5) is 4.39 Å². The van der Waals surface area contributed by atoms with E-state index in [0.717, 1.165) is 11.1 Å². The van der Waals surface area contributed by atoms with Crippen LogP contribution in [-0.2, 0) is 27.4 Å². The zero-order valence-electron chi connectivity index (χ0n) is 26.4. The molecule has 10 nitrogen and oxygen atoms in total. The van der Waals surface area contributed by atoms with Crippen LogP contribution in [0.1, 0.15) is 49.1 Å². The molecule has 0 fully saturated rings. The lowest BCUT2D eigenvalue weighted by atomic mass is 9.95. The van der Waals surface area contributed by atoms with Crippen molar-refractivity contribution in [3.05, 3.63) is 113 Å². The molecule has 0 bridgehead atoms. The number of hydrogen-bond donors (Lipinski definition) is 3. The van der Waals surface area contributed by atoms with Gasteiger partial charge in [0.05, 0.1) is 31.0 Å². The number of nitrogens with zero attached hydrogens (tertiary/aromatic N) is 1. The van der Waals surface area contributed by atoms with Gasteiger partial charge in [-0.1, -0.05) is 36.4 Å². The van der Waals surface area contributed by atoms with Crippen LogP contribution in [0, 0.1) is 5.82 Å². The first-order valence-electron chi connectivity index (χ1n) is 15.0. The average molecular weight is 661 g/mol. The summed E-state index contributed by atoms with van der Waals surface area (Å²) in [7, 11) is 0. The Bertz CT molecular complexity index is 1670. The summed E-state index contributed by atoms with van der Waals surface area (Å²) in [6, 6.07) is 16.1. The van der Waals surface area contributed by atoms with E-state index in [-0.39, 0.29) is 25.6 Å². The van der Waals surface area contributed by atoms with Gasteiger partial charge in [0.1, 0.15) is 18.2 Å². The molecule has 3 N–H and O–H groups in total. The van der Waals surface area contributed by atoms with E-state index in [1.807, 2.05) is 13.0 Å². The predicted molar refractivity (Wildman–Crippen MR) is 181 cm³/mol. The van der Waals surface area contributed by atoms with Crippen molar-refractivity contribution in [3.8, 4) is 17.2 Å². The molecule has 12 heteroatoms. The van der Waals surface area contributed by atoms with Gasteiger partial charge in [0, 0.05) is 16.8 Å². The second kappa shape index (κ2) is 16.9. The Morgan fingerprint density at radius 1 is 1.04 bits per heavy atom. The topological polar surface area (TPSA) is 120 Å². The van der Waals surface area contributed by atoms with Gasteiger partial charge in [-0.25, -0.2) is 14.6 Å². The molecule has 0 aliphatic carbocycles. The van der Waals surface area contributed by atoms with E-state index in [0.29, 0.717) is 57.8 Å². The molecular weight excluding hydrogens is 623 g/mol. The van der Waals surface area contributed by atoms with Crippen LogP contribution in [0.25, 0.3) is 0 Å². The zero-order valence-corrected chi connectivity index (χ0v) is 27.2. The highest BCUT2D eigenvalue weighted by Gasteiger charge is 2.32. The second-order valence-electron chi connectivity index (χ2n) is 10.3. The summed E-state index contributed by atoms with van der Waals surface area (Å²) in [5, 5.41) is 10.5. The molecule has 1 aliphatic heterocycles. The van der Waals surface area contributed by atoms with E-state index in [4.69, 9.17) is 31.2 Å². The maximum Gasteiger partial charge on any atom is 0.338 e. The van der Waals surface area contributed by atoms with Gasteiger partial charge in [-0.05, 0) is 80.9 Å². The van der Waals surface area contributed by atoms with Gasteiger partial charge in [0.25, 0.3) is 5.91 Å². The summed E-state index contributed by atoms with van der Waals surface area (Å²) in [6.07, 6.45) is 3.72. The first kappa shape index (κ1) is 34.6. The Hall–Kier alpha value is -5.23. The molecule has 0 unspecified atom stereocenters. The fraction of sp³-hybridized carbons (Fsp3) is 0.257. The standard InChI is InChI=1S/C35H37FN4O6S/c1-5-10-25-17-24(18-29(43-6-2)33(25)46-20-23-13-15-26(36)16-14-23)19-37-40-30(41)21-45-28-12-9-8-11-27(28)32-31(34(42)44-7-3)22(4)38-35(47)39-32/h5,8-9,11-19,32H,1,6-7,10,20-21H2,2-4H3,(H,40,41)(H2,38,39,47)/t32-/m0/s1. The molecule has 3 aromatic rings. The average Bonchev–Trinajstić information content (AvgIpc) is 3.04. The third-order valence-electron chi connectivity index (χ3n) is 6.87. The van der Waals surface area contributed by atoms with Crippen LogP contribution >= 0.6 is 12.2 Å². The summed E-state index contributed by atoms with van der Waals surface area (Å²) in [6.45, 7) is 9.66. The van der Waals surface area contributed by atoms with Crippen LogP contribution in [0.5, 0.6) is 17.2 Å². The second-order valence-corrected chi connectivity index (χ2v) is 10.7. The van der Waals surface area contributed by atoms with Gasteiger partial charge >= 0.3 is 5.97 Å². The molecule has 4 rings (SSSR count). The zero-order chi connectivity index (χ0) is 33.8. The largest absolute Gasteiger partial charge is 0.490 e. The molecular formula is C35H37FN4O6S. The molecule has 246 valence electrons. The van der Waals surface area contributed by atoms with Crippen LogP contribution in [-0.4, -0.2) is 43.0 Å². The minimum absolute atomic E-state index is 0.212. The van der Waals surface area contributed by atoms with Crippen molar-refractivity contribution in [3.63, 3.8) is 0 Å². The van der Waals surface area contributed by atoms with Crippen LogP contribution in [0.15, 0.2) is 89.7 Å². The number of thiocarbonyl (C=S) groups is 1. The van der Waals surface area contributed by atoms with E-state index in [1.165, 1.54) is 18.3 Å². The lowest BCUT2D eigenvalue weighted by Crippen LogP contribution is -2.45. The number of carbonyl (C=O) groups is 2. The number of nitrogens with one attached hydrogen (secondary N) is 3. The van der Waals surface area contributed by atoms with Crippen LogP contribution < -0.4 is 30.3 Å². The predicted octanol–water partition coefficient (Wildman–Crippen LogP) is 5.42. The fourth-order valence-electron chi connectivity index (χ4n) is 4.84. The highest BCUT2D eigenvalue weighted by molar-refractivity contribution is 7.80. The van der Waals surface area contributed by atoms with Crippen LogP contribution in [0.2, 0.25) is 0 Å². The number of rotatable bonds is 15. The molecule has 0 aromatic heterocycles. The normalized spacial score (nSPS) is 14.2. The van der Waals surface area contributed by atoms with Crippen molar-refractivity contribution in [2.75, 3.05) is 19.8 Å².